The van der Waals surface area contributed by atoms with Gasteiger partial charge in [-0.15, -0.1) is 0 Å². The van der Waals surface area contributed by atoms with Crippen molar-refractivity contribution in [3.63, 3.8) is 0 Å². The third-order valence-corrected chi connectivity index (χ3v) is 2.73. The summed E-state index contributed by atoms with van der Waals surface area (Å²) in [5.74, 6) is 0.530. The van der Waals surface area contributed by atoms with Gasteiger partial charge in [-0.2, -0.15) is 0 Å². The van der Waals surface area contributed by atoms with Gasteiger partial charge in [0.05, 0.1) is 20.2 Å². The molecule has 0 saturated carbocycles. The first kappa shape index (κ1) is 11.2. The lowest BCUT2D eigenvalue weighted by molar-refractivity contribution is 0.157. The monoisotopic (exact) mass is 286 g/mol. The van der Waals surface area contributed by atoms with E-state index in [1.807, 2.05) is 6.07 Å². The van der Waals surface area contributed by atoms with Crippen molar-refractivity contribution in [2.45, 2.75) is 6.54 Å². The quantitative estimate of drug-likeness (QED) is 0.850. The first-order valence-corrected chi connectivity index (χ1v) is 5.60. The van der Waals surface area contributed by atoms with E-state index in [2.05, 4.69) is 20.9 Å². The standard InChI is InChI=1S/C10H11BrN2O3/c1-15-9-7(4-8(11)5-12-9)6-13-2-3-16-10(13)14/h4-5H,2-3,6H2,1H3. The predicted molar refractivity (Wildman–Crippen MR) is 60.2 cm³/mol. The highest BCUT2D eigenvalue weighted by Crippen LogP contribution is 2.22. The summed E-state index contributed by atoms with van der Waals surface area (Å²) in [7, 11) is 1.56. The summed E-state index contributed by atoms with van der Waals surface area (Å²) in [6, 6.07) is 1.89. The van der Waals surface area contributed by atoms with Gasteiger partial charge >= 0.3 is 6.09 Å². The van der Waals surface area contributed by atoms with E-state index in [0.717, 1.165) is 10.0 Å². The van der Waals surface area contributed by atoms with Crippen LogP contribution in [0, 0.1) is 0 Å². The van der Waals surface area contributed by atoms with Crippen LogP contribution in [0.15, 0.2) is 16.7 Å². The Bertz CT molecular complexity index is 411. The van der Waals surface area contributed by atoms with Crippen molar-refractivity contribution in [3.8, 4) is 5.88 Å². The first-order valence-electron chi connectivity index (χ1n) is 4.81. The van der Waals surface area contributed by atoms with Gasteiger partial charge in [0, 0.05) is 16.2 Å². The van der Waals surface area contributed by atoms with E-state index in [9.17, 15) is 4.79 Å². The van der Waals surface area contributed by atoms with Crippen LogP contribution in [0.5, 0.6) is 5.88 Å². The lowest BCUT2D eigenvalue weighted by atomic mass is 10.2. The molecule has 5 nitrogen and oxygen atoms in total. The number of ether oxygens (including phenoxy) is 2. The SMILES string of the molecule is COc1ncc(Br)cc1CN1CCOC1=O. The number of hydrogen-bond donors (Lipinski definition) is 0. The molecule has 0 aromatic carbocycles. The van der Waals surface area contributed by atoms with Crippen molar-refractivity contribution < 1.29 is 14.3 Å². The molecule has 86 valence electrons. The molecule has 1 aromatic rings. The van der Waals surface area contributed by atoms with E-state index in [1.165, 1.54) is 0 Å². The fourth-order valence-corrected chi connectivity index (χ4v) is 1.92. The Kier molecular flexibility index (Phi) is 3.28. The second-order valence-corrected chi connectivity index (χ2v) is 4.27. The van der Waals surface area contributed by atoms with Crippen LogP contribution < -0.4 is 4.74 Å². The molecule has 2 rings (SSSR count). The number of halogens is 1. The van der Waals surface area contributed by atoms with Gasteiger partial charge in [0.2, 0.25) is 5.88 Å². The van der Waals surface area contributed by atoms with Gasteiger partial charge in [0.15, 0.2) is 0 Å². The Morgan fingerprint density at radius 1 is 1.69 bits per heavy atom. The molecule has 0 unspecified atom stereocenters. The highest BCUT2D eigenvalue weighted by atomic mass is 79.9. The zero-order valence-electron chi connectivity index (χ0n) is 8.77. The first-order chi connectivity index (χ1) is 7.70. The second-order valence-electron chi connectivity index (χ2n) is 3.36. The van der Waals surface area contributed by atoms with Crippen LogP contribution in [-0.4, -0.2) is 36.2 Å². The van der Waals surface area contributed by atoms with Crippen molar-refractivity contribution >= 4 is 22.0 Å². The Hall–Kier alpha value is -1.30. The number of pyridine rings is 1. The van der Waals surface area contributed by atoms with Crippen LogP contribution in [0.1, 0.15) is 5.56 Å². The Morgan fingerprint density at radius 2 is 2.50 bits per heavy atom. The Labute approximate surface area is 101 Å². The number of amides is 1. The summed E-state index contributed by atoms with van der Waals surface area (Å²) in [6.07, 6.45) is 1.37. The van der Waals surface area contributed by atoms with E-state index in [-0.39, 0.29) is 6.09 Å². The Morgan fingerprint density at radius 3 is 3.12 bits per heavy atom. The summed E-state index contributed by atoms with van der Waals surface area (Å²) in [5.41, 5.74) is 0.857. The summed E-state index contributed by atoms with van der Waals surface area (Å²) < 4.78 is 10.8. The highest BCUT2D eigenvalue weighted by molar-refractivity contribution is 9.10. The molecular formula is C10H11BrN2O3. The molecule has 16 heavy (non-hydrogen) atoms. The molecule has 1 saturated heterocycles. The topological polar surface area (TPSA) is 51.7 Å². The van der Waals surface area contributed by atoms with Crippen molar-refractivity contribution in [3.05, 3.63) is 22.3 Å². The van der Waals surface area contributed by atoms with Crippen LogP contribution >= 0.6 is 15.9 Å². The van der Waals surface area contributed by atoms with Gasteiger partial charge in [-0.3, -0.25) is 0 Å². The van der Waals surface area contributed by atoms with Gasteiger partial charge in [0.1, 0.15) is 6.61 Å². The van der Waals surface area contributed by atoms with Crippen LogP contribution in [-0.2, 0) is 11.3 Å². The maximum absolute atomic E-state index is 11.3. The van der Waals surface area contributed by atoms with Gasteiger partial charge < -0.3 is 14.4 Å². The summed E-state index contributed by atoms with van der Waals surface area (Å²) in [5, 5.41) is 0. The molecule has 1 aliphatic heterocycles. The summed E-state index contributed by atoms with van der Waals surface area (Å²) in [6.45, 7) is 1.51. The molecule has 1 fully saturated rings. The Balaban J connectivity index is 2.19. The number of rotatable bonds is 3. The molecule has 1 amide bonds. The summed E-state index contributed by atoms with van der Waals surface area (Å²) in [4.78, 5) is 17.0. The predicted octanol–water partition coefficient (Wildman–Crippen LogP) is 1.80. The lowest BCUT2D eigenvalue weighted by Gasteiger charge is -2.14. The number of carbonyl (C=O) groups excluding carboxylic acids is 1. The smallest absolute Gasteiger partial charge is 0.410 e. The van der Waals surface area contributed by atoms with E-state index >= 15 is 0 Å². The van der Waals surface area contributed by atoms with Crippen LogP contribution in [0.2, 0.25) is 0 Å². The van der Waals surface area contributed by atoms with Crippen molar-refractivity contribution in [1.82, 2.24) is 9.88 Å². The minimum atomic E-state index is -0.290. The van der Waals surface area contributed by atoms with Crippen LogP contribution in [0.25, 0.3) is 0 Å². The van der Waals surface area contributed by atoms with Crippen LogP contribution in [0.4, 0.5) is 4.79 Å². The molecule has 6 heteroatoms. The molecule has 0 atom stereocenters. The zero-order valence-corrected chi connectivity index (χ0v) is 10.4. The largest absolute Gasteiger partial charge is 0.481 e. The molecule has 0 spiro atoms. The molecular weight excluding hydrogens is 276 g/mol. The minimum absolute atomic E-state index is 0.290. The van der Waals surface area contributed by atoms with E-state index < -0.39 is 0 Å². The third kappa shape index (κ3) is 2.27. The second kappa shape index (κ2) is 4.69. The number of aromatic nitrogens is 1. The molecule has 0 aliphatic carbocycles. The molecule has 1 aromatic heterocycles. The summed E-state index contributed by atoms with van der Waals surface area (Å²) >= 11 is 3.34. The third-order valence-electron chi connectivity index (χ3n) is 2.29. The van der Waals surface area contributed by atoms with Crippen molar-refractivity contribution in [1.29, 1.82) is 0 Å². The number of methoxy groups -OCH3 is 1. The molecule has 0 N–H and O–H groups in total. The van der Waals surface area contributed by atoms with Gasteiger partial charge in [-0.05, 0) is 22.0 Å². The average molecular weight is 287 g/mol. The number of cyclic esters (lactones) is 1. The fourth-order valence-electron chi connectivity index (χ4n) is 1.54. The van der Waals surface area contributed by atoms with Crippen molar-refractivity contribution in [2.75, 3.05) is 20.3 Å². The molecule has 0 radical (unpaired) electrons. The zero-order chi connectivity index (χ0) is 11.5. The fraction of sp³-hybridized carbons (Fsp3) is 0.400. The number of hydrogen-bond acceptors (Lipinski definition) is 4. The van der Waals surface area contributed by atoms with Gasteiger partial charge in [-0.25, -0.2) is 9.78 Å². The van der Waals surface area contributed by atoms with Gasteiger partial charge in [-0.1, -0.05) is 0 Å². The molecule has 0 bridgehead atoms. The number of carbonyl (C=O) groups is 1. The van der Waals surface area contributed by atoms with Crippen LogP contribution in [0.3, 0.4) is 0 Å². The van der Waals surface area contributed by atoms with E-state index in [0.29, 0.717) is 25.6 Å². The van der Waals surface area contributed by atoms with E-state index in [1.54, 1.807) is 18.2 Å². The van der Waals surface area contributed by atoms with Gasteiger partial charge in [0.25, 0.3) is 0 Å². The average Bonchev–Trinajstić information content (AvgIpc) is 2.65. The highest BCUT2D eigenvalue weighted by Gasteiger charge is 2.23. The maximum atomic E-state index is 11.3. The minimum Gasteiger partial charge on any atom is -0.481 e. The van der Waals surface area contributed by atoms with E-state index in [4.69, 9.17) is 9.47 Å². The molecule has 1 aliphatic rings. The van der Waals surface area contributed by atoms with Crippen molar-refractivity contribution in [2.24, 2.45) is 0 Å². The lowest BCUT2D eigenvalue weighted by Crippen LogP contribution is -2.23. The number of nitrogens with zero attached hydrogens (tertiary/aromatic N) is 2. The molecule has 2 heterocycles. The maximum Gasteiger partial charge on any atom is 0.410 e. The normalized spacial score (nSPS) is 15.1.